The first-order chi connectivity index (χ1) is 8.74. The molecule has 98 valence electrons. The molecule has 3 nitrogen and oxygen atoms in total. The van der Waals surface area contributed by atoms with E-state index in [-0.39, 0.29) is 5.91 Å². The fourth-order valence-electron chi connectivity index (χ4n) is 1.89. The second-order valence-corrected chi connectivity index (χ2v) is 6.17. The molecular formula is C13H17ClN2OS. The first kappa shape index (κ1) is 13.7. The van der Waals surface area contributed by atoms with E-state index in [9.17, 15) is 4.79 Å². The van der Waals surface area contributed by atoms with Crippen molar-refractivity contribution >= 4 is 35.0 Å². The Kier molecular flexibility index (Phi) is 5.35. The molecule has 5 heteroatoms. The van der Waals surface area contributed by atoms with Gasteiger partial charge in [-0.1, -0.05) is 11.6 Å². The van der Waals surface area contributed by atoms with Gasteiger partial charge in [-0.3, -0.25) is 4.79 Å². The van der Waals surface area contributed by atoms with Crippen LogP contribution in [0.2, 0.25) is 5.02 Å². The Bertz CT molecular complexity index is 390. The van der Waals surface area contributed by atoms with Gasteiger partial charge in [-0.25, -0.2) is 0 Å². The van der Waals surface area contributed by atoms with Crippen molar-refractivity contribution < 1.29 is 4.79 Å². The third-order valence-corrected chi connectivity index (χ3v) is 4.46. The molecule has 0 aliphatic carbocycles. The Morgan fingerprint density at radius 2 is 2.17 bits per heavy atom. The van der Waals surface area contributed by atoms with E-state index < -0.39 is 0 Å². The molecule has 18 heavy (non-hydrogen) atoms. The quantitative estimate of drug-likeness (QED) is 0.874. The number of amides is 1. The summed E-state index contributed by atoms with van der Waals surface area (Å²) < 4.78 is 0. The van der Waals surface area contributed by atoms with E-state index in [1.54, 1.807) is 24.3 Å². The van der Waals surface area contributed by atoms with Crippen molar-refractivity contribution in [3.8, 4) is 0 Å². The highest BCUT2D eigenvalue weighted by molar-refractivity contribution is 8.00. The molecule has 1 aliphatic rings. The molecule has 1 saturated heterocycles. The smallest absolute Gasteiger partial charge is 0.238 e. The molecular weight excluding hydrogens is 268 g/mol. The van der Waals surface area contributed by atoms with Gasteiger partial charge in [0.25, 0.3) is 0 Å². The number of carbonyl (C=O) groups is 1. The van der Waals surface area contributed by atoms with Gasteiger partial charge in [0.05, 0.1) is 6.54 Å². The summed E-state index contributed by atoms with van der Waals surface area (Å²) in [4.78, 5) is 11.7. The van der Waals surface area contributed by atoms with Crippen molar-refractivity contribution in [1.82, 2.24) is 5.32 Å². The van der Waals surface area contributed by atoms with Crippen molar-refractivity contribution in [3.63, 3.8) is 0 Å². The first-order valence-electron chi connectivity index (χ1n) is 6.12. The van der Waals surface area contributed by atoms with Crippen LogP contribution >= 0.6 is 23.4 Å². The lowest BCUT2D eigenvalue weighted by atomic mass is 10.2. The zero-order chi connectivity index (χ0) is 12.8. The van der Waals surface area contributed by atoms with E-state index in [0.717, 1.165) is 12.2 Å². The summed E-state index contributed by atoms with van der Waals surface area (Å²) in [7, 11) is 0. The van der Waals surface area contributed by atoms with Crippen molar-refractivity contribution in [2.75, 3.05) is 24.2 Å². The van der Waals surface area contributed by atoms with Crippen LogP contribution in [0.15, 0.2) is 24.3 Å². The number of hydrogen-bond donors (Lipinski definition) is 2. The number of halogens is 1. The second-order valence-electron chi connectivity index (χ2n) is 4.32. The fourth-order valence-corrected chi connectivity index (χ4v) is 3.25. The normalized spacial score (nSPS) is 18.8. The molecule has 1 fully saturated rings. The van der Waals surface area contributed by atoms with Crippen LogP contribution in [0, 0.1) is 0 Å². The fraction of sp³-hybridized carbons (Fsp3) is 0.462. The SMILES string of the molecule is O=C(CNCC1CCCS1)Nc1ccc(Cl)cc1. The molecule has 0 saturated carbocycles. The number of anilines is 1. The summed E-state index contributed by atoms with van der Waals surface area (Å²) in [6.45, 7) is 1.28. The lowest BCUT2D eigenvalue weighted by molar-refractivity contribution is -0.115. The standard InChI is InChI=1S/C13H17ClN2OS/c14-10-3-5-11(6-4-10)16-13(17)9-15-8-12-2-1-7-18-12/h3-6,12,15H,1-2,7-9H2,(H,16,17). The van der Waals surface area contributed by atoms with E-state index >= 15 is 0 Å². The molecule has 2 rings (SSSR count). The van der Waals surface area contributed by atoms with Crippen molar-refractivity contribution in [2.24, 2.45) is 0 Å². The number of hydrogen-bond acceptors (Lipinski definition) is 3. The third kappa shape index (κ3) is 4.52. The summed E-state index contributed by atoms with van der Waals surface area (Å²) in [5, 5.41) is 7.37. The Balaban J connectivity index is 1.66. The van der Waals surface area contributed by atoms with E-state index in [1.165, 1.54) is 18.6 Å². The second kappa shape index (κ2) is 7.02. The number of carbonyl (C=O) groups excluding carboxylic acids is 1. The predicted molar refractivity (Wildman–Crippen MR) is 78.4 cm³/mol. The molecule has 0 spiro atoms. The minimum atomic E-state index is -0.0136. The molecule has 0 aromatic heterocycles. The zero-order valence-electron chi connectivity index (χ0n) is 10.1. The molecule has 2 N–H and O–H groups in total. The lowest BCUT2D eigenvalue weighted by Gasteiger charge is -2.10. The van der Waals surface area contributed by atoms with Crippen LogP contribution < -0.4 is 10.6 Å². The van der Waals surface area contributed by atoms with Crippen LogP contribution in [0.25, 0.3) is 0 Å². The molecule has 1 atom stereocenters. The molecule has 1 aromatic rings. The molecule has 1 amide bonds. The molecule has 1 aromatic carbocycles. The van der Waals surface area contributed by atoms with Gasteiger partial charge >= 0.3 is 0 Å². The highest BCUT2D eigenvalue weighted by atomic mass is 35.5. The van der Waals surface area contributed by atoms with Crippen LogP contribution in [0.4, 0.5) is 5.69 Å². The Labute approximate surface area is 117 Å². The van der Waals surface area contributed by atoms with Crippen LogP contribution in [-0.2, 0) is 4.79 Å². The lowest BCUT2D eigenvalue weighted by Crippen LogP contribution is -2.32. The molecule has 1 aliphatic heterocycles. The van der Waals surface area contributed by atoms with Crippen LogP contribution in [-0.4, -0.2) is 30.0 Å². The maximum absolute atomic E-state index is 11.7. The van der Waals surface area contributed by atoms with Crippen LogP contribution in [0.1, 0.15) is 12.8 Å². The summed E-state index contributed by atoms with van der Waals surface area (Å²) in [6.07, 6.45) is 2.56. The van der Waals surface area contributed by atoms with Gasteiger partial charge in [0.2, 0.25) is 5.91 Å². The van der Waals surface area contributed by atoms with Crippen LogP contribution in [0.3, 0.4) is 0 Å². The average molecular weight is 285 g/mol. The van der Waals surface area contributed by atoms with E-state index in [1.807, 2.05) is 11.8 Å². The maximum Gasteiger partial charge on any atom is 0.238 e. The predicted octanol–water partition coefficient (Wildman–Crippen LogP) is 2.76. The van der Waals surface area contributed by atoms with Gasteiger partial charge in [-0.15, -0.1) is 0 Å². The van der Waals surface area contributed by atoms with Gasteiger partial charge in [0.15, 0.2) is 0 Å². The minimum Gasteiger partial charge on any atom is -0.325 e. The van der Waals surface area contributed by atoms with Gasteiger partial charge in [-0.2, -0.15) is 11.8 Å². The number of benzene rings is 1. The highest BCUT2D eigenvalue weighted by Gasteiger charge is 2.15. The summed E-state index contributed by atoms with van der Waals surface area (Å²) in [5.41, 5.74) is 0.779. The first-order valence-corrected chi connectivity index (χ1v) is 7.54. The summed E-state index contributed by atoms with van der Waals surface area (Å²) in [5.74, 6) is 1.24. The van der Waals surface area contributed by atoms with E-state index in [4.69, 9.17) is 11.6 Å². The van der Waals surface area contributed by atoms with E-state index in [0.29, 0.717) is 16.8 Å². The van der Waals surface area contributed by atoms with E-state index in [2.05, 4.69) is 10.6 Å². The van der Waals surface area contributed by atoms with Gasteiger partial charge in [0, 0.05) is 22.5 Å². The largest absolute Gasteiger partial charge is 0.325 e. The van der Waals surface area contributed by atoms with Crippen LogP contribution in [0.5, 0.6) is 0 Å². The molecule has 0 radical (unpaired) electrons. The van der Waals surface area contributed by atoms with Crippen molar-refractivity contribution in [1.29, 1.82) is 0 Å². The third-order valence-electron chi connectivity index (χ3n) is 2.81. The van der Waals surface area contributed by atoms with Gasteiger partial charge in [0.1, 0.15) is 0 Å². The topological polar surface area (TPSA) is 41.1 Å². The maximum atomic E-state index is 11.7. The van der Waals surface area contributed by atoms with Gasteiger partial charge in [-0.05, 0) is 42.9 Å². The molecule has 1 unspecified atom stereocenters. The highest BCUT2D eigenvalue weighted by Crippen LogP contribution is 2.25. The monoisotopic (exact) mass is 284 g/mol. The number of nitrogens with one attached hydrogen (secondary N) is 2. The Morgan fingerprint density at radius 3 is 2.83 bits per heavy atom. The Morgan fingerprint density at radius 1 is 1.39 bits per heavy atom. The summed E-state index contributed by atoms with van der Waals surface area (Å²) >= 11 is 7.77. The van der Waals surface area contributed by atoms with Crippen molar-refractivity contribution in [2.45, 2.75) is 18.1 Å². The molecule has 1 heterocycles. The summed E-state index contributed by atoms with van der Waals surface area (Å²) in [6, 6.07) is 7.12. The molecule has 0 bridgehead atoms. The number of thioether (sulfide) groups is 1. The minimum absolute atomic E-state index is 0.0136. The number of rotatable bonds is 5. The Hall–Kier alpha value is -0.710. The van der Waals surface area contributed by atoms with Gasteiger partial charge < -0.3 is 10.6 Å². The van der Waals surface area contributed by atoms with Crippen molar-refractivity contribution in [3.05, 3.63) is 29.3 Å². The zero-order valence-corrected chi connectivity index (χ0v) is 11.7. The average Bonchev–Trinajstić information content (AvgIpc) is 2.85.